The molecule has 4 heteroatoms. The van der Waals surface area contributed by atoms with Crippen molar-refractivity contribution in [2.45, 2.75) is 19.3 Å². The number of aromatic hydroxyl groups is 1. The number of rotatable bonds is 4. The Morgan fingerprint density at radius 3 is 2.32 bits per heavy atom. The van der Waals surface area contributed by atoms with Gasteiger partial charge in [0.1, 0.15) is 12.0 Å². The smallest absolute Gasteiger partial charge is 0.198 e. The maximum Gasteiger partial charge on any atom is 0.198 e. The van der Waals surface area contributed by atoms with Crippen molar-refractivity contribution in [3.8, 4) is 5.75 Å². The molecule has 0 aromatic heterocycles. The lowest BCUT2D eigenvalue weighted by Crippen LogP contribution is -2.21. The summed E-state index contributed by atoms with van der Waals surface area (Å²) in [7, 11) is 0. The van der Waals surface area contributed by atoms with Crippen molar-refractivity contribution in [2.75, 3.05) is 0 Å². The second-order valence-corrected chi connectivity index (χ2v) is 5.30. The maximum atomic E-state index is 12.6. The van der Waals surface area contributed by atoms with E-state index in [0.717, 1.165) is 11.8 Å². The Balaban J connectivity index is 2.08. The van der Waals surface area contributed by atoms with Gasteiger partial charge >= 0.3 is 0 Å². The molecule has 0 unspecified atom stereocenters. The molecule has 0 aliphatic heterocycles. The van der Waals surface area contributed by atoms with E-state index in [1.165, 1.54) is 6.07 Å². The van der Waals surface area contributed by atoms with Gasteiger partial charge in [0.25, 0.3) is 0 Å². The molecule has 0 atom stereocenters. The van der Waals surface area contributed by atoms with Crippen LogP contribution >= 0.6 is 0 Å². The van der Waals surface area contributed by atoms with Gasteiger partial charge < -0.3 is 9.90 Å². The summed E-state index contributed by atoms with van der Waals surface area (Å²) in [6.07, 6.45) is 2.47. The first kappa shape index (κ1) is 14.2. The lowest BCUT2D eigenvalue weighted by Gasteiger charge is -2.19. The van der Waals surface area contributed by atoms with Crippen molar-refractivity contribution in [1.29, 1.82) is 0 Å². The van der Waals surface area contributed by atoms with Crippen LogP contribution in [0.1, 0.15) is 50.2 Å². The Labute approximate surface area is 127 Å². The number of fused-ring (bicyclic) bond motifs is 2. The Kier molecular flexibility index (Phi) is 3.59. The van der Waals surface area contributed by atoms with Crippen LogP contribution in [0, 0.1) is 0 Å². The van der Waals surface area contributed by atoms with Crippen molar-refractivity contribution in [2.24, 2.45) is 0 Å². The number of benzene rings is 2. The highest BCUT2D eigenvalue weighted by Crippen LogP contribution is 2.34. The highest BCUT2D eigenvalue weighted by molar-refractivity contribution is 6.29. The average Bonchev–Trinajstić information content (AvgIpc) is 2.52. The molecule has 3 rings (SSSR count). The van der Waals surface area contributed by atoms with E-state index in [4.69, 9.17) is 0 Å². The summed E-state index contributed by atoms with van der Waals surface area (Å²) >= 11 is 0. The van der Waals surface area contributed by atoms with Crippen LogP contribution < -0.4 is 0 Å². The van der Waals surface area contributed by atoms with E-state index in [9.17, 15) is 19.5 Å². The van der Waals surface area contributed by atoms with Crippen molar-refractivity contribution in [3.63, 3.8) is 0 Å². The second-order valence-electron chi connectivity index (χ2n) is 5.30. The molecule has 2 aromatic rings. The van der Waals surface area contributed by atoms with Gasteiger partial charge in [0.2, 0.25) is 0 Å². The first-order valence-corrected chi connectivity index (χ1v) is 7.11. The van der Waals surface area contributed by atoms with E-state index in [1.54, 1.807) is 30.3 Å². The topological polar surface area (TPSA) is 71.4 Å². The van der Waals surface area contributed by atoms with E-state index in [2.05, 4.69) is 0 Å². The van der Waals surface area contributed by atoms with Gasteiger partial charge in [-0.1, -0.05) is 24.3 Å². The van der Waals surface area contributed by atoms with Gasteiger partial charge in [-0.25, -0.2) is 0 Å². The summed E-state index contributed by atoms with van der Waals surface area (Å²) in [5.74, 6) is -0.758. The number of aldehydes is 1. The largest absolute Gasteiger partial charge is 0.507 e. The number of phenolic OH excluding ortho intramolecular Hbond substituents is 1. The predicted octanol–water partition coefficient (Wildman–Crippen LogP) is 2.69. The molecule has 0 radical (unpaired) electrons. The lowest BCUT2D eigenvalue weighted by molar-refractivity contribution is -0.107. The fraction of sp³-hybridized carbons (Fsp3) is 0.167. The van der Waals surface area contributed by atoms with E-state index in [0.29, 0.717) is 30.4 Å². The van der Waals surface area contributed by atoms with Gasteiger partial charge in [0.15, 0.2) is 11.6 Å². The molecule has 2 aromatic carbocycles. The van der Waals surface area contributed by atoms with Crippen LogP contribution in [0.25, 0.3) is 0 Å². The van der Waals surface area contributed by atoms with Crippen molar-refractivity contribution < 1.29 is 19.5 Å². The fourth-order valence-corrected chi connectivity index (χ4v) is 2.80. The molecule has 0 amide bonds. The summed E-state index contributed by atoms with van der Waals surface area (Å²) in [5, 5.41) is 10.2. The molecule has 0 saturated heterocycles. The minimum atomic E-state index is -0.331. The lowest BCUT2D eigenvalue weighted by atomic mass is 9.82. The molecule has 0 spiro atoms. The van der Waals surface area contributed by atoms with Crippen molar-refractivity contribution in [3.05, 3.63) is 64.2 Å². The van der Waals surface area contributed by atoms with Crippen LogP contribution in [0.4, 0.5) is 0 Å². The monoisotopic (exact) mass is 294 g/mol. The van der Waals surface area contributed by atoms with Crippen LogP contribution in [0.3, 0.4) is 0 Å². The summed E-state index contributed by atoms with van der Waals surface area (Å²) < 4.78 is 0. The average molecular weight is 294 g/mol. The molecular formula is C18H14O4. The highest BCUT2D eigenvalue weighted by atomic mass is 16.3. The molecular weight excluding hydrogens is 280 g/mol. The molecule has 0 bridgehead atoms. The van der Waals surface area contributed by atoms with Gasteiger partial charge in [-0.3, -0.25) is 9.59 Å². The van der Waals surface area contributed by atoms with Crippen LogP contribution in [0.2, 0.25) is 0 Å². The first-order valence-electron chi connectivity index (χ1n) is 7.11. The highest BCUT2D eigenvalue weighted by Gasteiger charge is 2.31. The van der Waals surface area contributed by atoms with Crippen LogP contribution in [0.5, 0.6) is 5.75 Å². The molecule has 0 fully saturated rings. The number of hydrogen-bond acceptors (Lipinski definition) is 4. The predicted molar refractivity (Wildman–Crippen MR) is 80.4 cm³/mol. The minimum absolute atomic E-state index is 0.0721. The molecule has 1 aliphatic carbocycles. The Morgan fingerprint density at radius 1 is 0.955 bits per heavy atom. The van der Waals surface area contributed by atoms with E-state index >= 15 is 0 Å². The number of unbranched alkanes of at least 4 members (excludes halogenated alkanes) is 1. The SMILES string of the molecule is O=CCCCc1cc(O)c2c(c1)C(=O)c1ccccc1C2=O. The molecule has 4 nitrogen and oxygen atoms in total. The van der Waals surface area contributed by atoms with Gasteiger partial charge in [0.05, 0.1) is 5.56 Å². The molecule has 1 aliphatic rings. The number of carbonyl (C=O) groups is 3. The molecule has 22 heavy (non-hydrogen) atoms. The summed E-state index contributed by atoms with van der Waals surface area (Å²) in [4.78, 5) is 35.4. The molecule has 1 N–H and O–H groups in total. The van der Waals surface area contributed by atoms with Crippen molar-refractivity contribution in [1.82, 2.24) is 0 Å². The zero-order valence-corrected chi connectivity index (χ0v) is 11.8. The molecule has 0 heterocycles. The standard InChI is InChI=1S/C18H14O4/c19-8-4-3-5-11-9-14-16(15(20)10-11)18(22)13-7-2-1-6-12(13)17(14)21/h1-2,6-10,20H,3-5H2. The number of phenols is 1. The number of aryl methyl sites for hydroxylation is 1. The minimum Gasteiger partial charge on any atom is -0.507 e. The summed E-state index contributed by atoms with van der Waals surface area (Å²) in [6.45, 7) is 0. The zero-order valence-electron chi connectivity index (χ0n) is 11.8. The first-order chi connectivity index (χ1) is 10.6. The van der Waals surface area contributed by atoms with Crippen LogP contribution in [0.15, 0.2) is 36.4 Å². The summed E-state index contributed by atoms with van der Waals surface area (Å²) in [5.41, 5.74) is 1.75. The van der Waals surface area contributed by atoms with E-state index in [1.807, 2.05) is 0 Å². The van der Waals surface area contributed by atoms with Gasteiger partial charge in [-0.15, -0.1) is 0 Å². The third kappa shape index (κ3) is 2.22. The van der Waals surface area contributed by atoms with Crippen LogP contribution in [-0.4, -0.2) is 23.0 Å². The Morgan fingerprint density at radius 2 is 1.64 bits per heavy atom. The Hall–Kier alpha value is -2.75. The quantitative estimate of drug-likeness (QED) is 0.593. The van der Waals surface area contributed by atoms with Crippen LogP contribution in [-0.2, 0) is 11.2 Å². The van der Waals surface area contributed by atoms with Gasteiger partial charge in [-0.2, -0.15) is 0 Å². The summed E-state index contributed by atoms with van der Waals surface area (Å²) in [6, 6.07) is 9.77. The normalized spacial score (nSPS) is 12.7. The zero-order chi connectivity index (χ0) is 15.7. The van der Waals surface area contributed by atoms with Gasteiger partial charge in [-0.05, 0) is 30.5 Å². The number of ketones is 2. The fourth-order valence-electron chi connectivity index (χ4n) is 2.80. The number of carbonyl (C=O) groups excluding carboxylic acids is 3. The number of hydrogen-bond donors (Lipinski definition) is 1. The van der Waals surface area contributed by atoms with Gasteiger partial charge in [0, 0.05) is 23.1 Å². The molecule has 110 valence electrons. The van der Waals surface area contributed by atoms with Crippen molar-refractivity contribution >= 4 is 17.9 Å². The van der Waals surface area contributed by atoms with E-state index in [-0.39, 0.29) is 28.4 Å². The van der Waals surface area contributed by atoms with E-state index < -0.39 is 0 Å². The third-order valence-electron chi connectivity index (χ3n) is 3.85. The second kappa shape index (κ2) is 5.56. The Bertz CT molecular complexity index is 790. The third-order valence-corrected chi connectivity index (χ3v) is 3.85. The molecule has 0 saturated carbocycles. The maximum absolute atomic E-state index is 12.6.